The first kappa shape index (κ1) is 18.0. The van der Waals surface area contributed by atoms with Crippen molar-refractivity contribution in [1.82, 2.24) is 9.62 Å². The van der Waals surface area contributed by atoms with Gasteiger partial charge in [0.05, 0.1) is 4.90 Å². The van der Waals surface area contributed by atoms with Crippen molar-refractivity contribution in [3.05, 3.63) is 60.2 Å². The van der Waals surface area contributed by atoms with Crippen molar-refractivity contribution in [2.75, 3.05) is 26.4 Å². The van der Waals surface area contributed by atoms with Crippen LogP contribution in [0, 0.1) is 0 Å². The van der Waals surface area contributed by atoms with Crippen LogP contribution in [0.3, 0.4) is 0 Å². The van der Waals surface area contributed by atoms with Crippen molar-refractivity contribution in [3.63, 3.8) is 0 Å². The highest BCUT2D eigenvalue weighted by atomic mass is 32.2. The highest BCUT2D eigenvalue weighted by molar-refractivity contribution is 7.98. The number of hydrogen-bond donors (Lipinski definition) is 1. The Labute approximate surface area is 143 Å². The minimum absolute atomic E-state index is 0.301. The minimum atomic E-state index is -3.42. The number of nitrogens with one attached hydrogen (secondary N) is 1. The highest BCUT2D eigenvalue weighted by Crippen LogP contribution is 2.15. The standard InChI is InChI=1S/C17H22N2O2S2/c1-19(14-15-8-10-16(22-2)11-9-15)13-12-18-23(20,21)17-6-4-3-5-7-17/h3-11,18H,12-14H2,1-2H3. The van der Waals surface area contributed by atoms with Gasteiger partial charge >= 0.3 is 0 Å². The summed E-state index contributed by atoms with van der Waals surface area (Å²) in [6.07, 6.45) is 2.06. The number of hydrogen-bond acceptors (Lipinski definition) is 4. The maximum atomic E-state index is 12.1. The third-order valence-electron chi connectivity index (χ3n) is 3.45. The largest absolute Gasteiger partial charge is 0.301 e. The van der Waals surface area contributed by atoms with Gasteiger partial charge in [0.15, 0.2) is 0 Å². The number of rotatable bonds is 8. The third-order valence-corrected chi connectivity index (χ3v) is 5.67. The van der Waals surface area contributed by atoms with Gasteiger partial charge in [0.25, 0.3) is 0 Å². The van der Waals surface area contributed by atoms with Gasteiger partial charge in [-0.15, -0.1) is 11.8 Å². The molecule has 1 N–H and O–H groups in total. The summed E-state index contributed by atoms with van der Waals surface area (Å²) in [6.45, 7) is 1.83. The Kier molecular flexibility index (Phi) is 6.65. The average molecular weight is 351 g/mol. The van der Waals surface area contributed by atoms with Crippen LogP contribution in [0.25, 0.3) is 0 Å². The molecule has 4 nitrogen and oxygen atoms in total. The normalized spacial score (nSPS) is 11.8. The summed E-state index contributed by atoms with van der Waals surface area (Å²) in [4.78, 5) is 3.64. The SMILES string of the molecule is CSc1ccc(CN(C)CCNS(=O)(=O)c2ccccc2)cc1. The molecule has 23 heavy (non-hydrogen) atoms. The zero-order valence-electron chi connectivity index (χ0n) is 13.4. The topological polar surface area (TPSA) is 49.4 Å². The lowest BCUT2D eigenvalue weighted by Gasteiger charge is -2.17. The van der Waals surface area contributed by atoms with E-state index in [0.717, 1.165) is 6.54 Å². The first-order valence-electron chi connectivity index (χ1n) is 7.37. The second-order valence-corrected chi connectivity index (χ2v) is 7.94. The van der Waals surface area contributed by atoms with E-state index >= 15 is 0 Å². The summed E-state index contributed by atoms with van der Waals surface area (Å²) in [5.41, 5.74) is 1.22. The predicted octanol–water partition coefficient (Wildman–Crippen LogP) is 2.82. The zero-order chi connectivity index (χ0) is 16.7. The molecule has 0 aromatic heterocycles. The number of thioether (sulfide) groups is 1. The molecule has 2 rings (SSSR count). The fraction of sp³-hybridized carbons (Fsp3) is 0.294. The Morgan fingerprint density at radius 1 is 1.04 bits per heavy atom. The fourth-order valence-corrected chi connectivity index (χ4v) is 3.63. The molecule has 2 aromatic rings. The van der Waals surface area contributed by atoms with Gasteiger partial charge in [0, 0.05) is 24.5 Å². The third kappa shape index (κ3) is 5.66. The van der Waals surface area contributed by atoms with Crippen LogP contribution in [-0.4, -0.2) is 39.7 Å². The smallest absolute Gasteiger partial charge is 0.240 e. The van der Waals surface area contributed by atoms with E-state index in [1.54, 1.807) is 42.1 Å². The molecule has 0 radical (unpaired) electrons. The molecular formula is C17H22N2O2S2. The summed E-state index contributed by atoms with van der Waals surface area (Å²) in [5.74, 6) is 0. The van der Waals surface area contributed by atoms with Gasteiger partial charge in [-0.1, -0.05) is 30.3 Å². The Morgan fingerprint density at radius 3 is 2.30 bits per heavy atom. The van der Waals surface area contributed by atoms with E-state index in [-0.39, 0.29) is 0 Å². The van der Waals surface area contributed by atoms with Gasteiger partial charge < -0.3 is 4.90 Å². The number of benzene rings is 2. The lowest BCUT2D eigenvalue weighted by atomic mass is 10.2. The molecule has 6 heteroatoms. The average Bonchev–Trinajstić information content (AvgIpc) is 2.56. The molecule has 0 aliphatic carbocycles. The van der Waals surface area contributed by atoms with E-state index in [2.05, 4.69) is 40.1 Å². The Balaban J connectivity index is 1.81. The summed E-state index contributed by atoms with van der Waals surface area (Å²) in [5, 5.41) is 0. The summed E-state index contributed by atoms with van der Waals surface area (Å²) < 4.78 is 26.9. The molecule has 0 saturated heterocycles. The number of likely N-dealkylation sites (N-methyl/N-ethyl adjacent to an activating group) is 1. The number of nitrogens with zero attached hydrogens (tertiary/aromatic N) is 1. The van der Waals surface area contributed by atoms with Crippen LogP contribution in [0.5, 0.6) is 0 Å². The Morgan fingerprint density at radius 2 is 1.70 bits per heavy atom. The van der Waals surface area contributed by atoms with Gasteiger partial charge in [-0.25, -0.2) is 13.1 Å². The summed E-state index contributed by atoms with van der Waals surface area (Å²) in [6, 6.07) is 16.9. The maximum absolute atomic E-state index is 12.1. The molecule has 124 valence electrons. The van der Waals surface area contributed by atoms with Gasteiger partial charge in [0.2, 0.25) is 10.0 Å². The van der Waals surface area contributed by atoms with Gasteiger partial charge in [-0.3, -0.25) is 0 Å². The second-order valence-electron chi connectivity index (χ2n) is 5.30. The van der Waals surface area contributed by atoms with Gasteiger partial charge in [-0.2, -0.15) is 0 Å². The molecule has 0 bridgehead atoms. The van der Waals surface area contributed by atoms with Crippen LogP contribution in [0.15, 0.2) is 64.4 Å². The molecule has 0 aliphatic heterocycles. The van der Waals surface area contributed by atoms with Crippen LogP contribution in [0.2, 0.25) is 0 Å². The van der Waals surface area contributed by atoms with Crippen LogP contribution in [0.1, 0.15) is 5.56 Å². The lowest BCUT2D eigenvalue weighted by molar-refractivity contribution is 0.332. The maximum Gasteiger partial charge on any atom is 0.240 e. The van der Waals surface area contributed by atoms with E-state index in [4.69, 9.17) is 0 Å². The number of sulfonamides is 1. The molecule has 0 unspecified atom stereocenters. The Bertz CT molecular complexity index is 701. The van der Waals surface area contributed by atoms with Crippen molar-refractivity contribution < 1.29 is 8.42 Å². The van der Waals surface area contributed by atoms with Gasteiger partial charge in [0.1, 0.15) is 0 Å². The van der Waals surface area contributed by atoms with Crippen LogP contribution in [-0.2, 0) is 16.6 Å². The van der Waals surface area contributed by atoms with E-state index in [9.17, 15) is 8.42 Å². The second kappa shape index (κ2) is 8.49. The summed E-state index contributed by atoms with van der Waals surface area (Å²) >= 11 is 1.72. The molecule has 0 amide bonds. The lowest BCUT2D eigenvalue weighted by Crippen LogP contribution is -2.32. The van der Waals surface area contributed by atoms with Crippen molar-refractivity contribution in [2.24, 2.45) is 0 Å². The quantitative estimate of drug-likeness (QED) is 0.744. The highest BCUT2D eigenvalue weighted by Gasteiger charge is 2.12. The van der Waals surface area contributed by atoms with Crippen molar-refractivity contribution >= 4 is 21.8 Å². The molecule has 0 heterocycles. The zero-order valence-corrected chi connectivity index (χ0v) is 15.0. The molecular weight excluding hydrogens is 328 g/mol. The first-order valence-corrected chi connectivity index (χ1v) is 10.1. The van der Waals surface area contributed by atoms with Crippen LogP contribution in [0.4, 0.5) is 0 Å². The predicted molar refractivity (Wildman–Crippen MR) is 96.2 cm³/mol. The molecule has 0 saturated carbocycles. The van der Waals surface area contributed by atoms with E-state index in [1.807, 2.05) is 7.05 Å². The fourth-order valence-electron chi connectivity index (χ4n) is 2.18. The molecule has 0 spiro atoms. The molecule has 0 fully saturated rings. The van der Waals surface area contributed by atoms with E-state index in [0.29, 0.717) is 18.0 Å². The molecule has 0 aliphatic rings. The molecule has 2 aromatic carbocycles. The van der Waals surface area contributed by atoms with E-state index < -0.39 is 10.0 Å². The van der Waals surface area contributed by atoms with Gasteiger partial charge in [-0.05, 0) is 43.1 Å². The van der Waals surface area contributed by atoms with Crippen LogP contribution >= 0.6 is 11.8 Å². The first-order chi connectivity index (χ1) is 11.0. The van der Waals surface area contributed by atoms with Crippen molar-refractivity contribution in [3.8, 4) is 0 Å². The minimum Gasteiger partial charge on any atom is -0.301 e. The van der Waals surface area contributed by atoms with Crippen molar-refractivity contribution in [1.29, 1.82) is 0 Å². The van der Waals surface area contributed by atoms with Crippen LogP contribution < -0.4 is 4.72 Å². The van der Waals surface area contributed by atoms with E-state index in [1.165, 1.54) is 10.5 Å². The molecule has 0 atom stereocenters. The Hall–Kier alpha value is -1.34. The monoisotopic (exact) mass is 350 g/mol. The van der Waals surface area contributed by atoms with Crippen molar-refractivity contribution in [2.45, 2.75) is 16.3 Å². The summed E-state index contributed by atoms with van der Waals surface area (Å²) in [7, 11) is -1.43.